The second-order valence-corrected chi connectivity index (χ2v) is 7.12. The zero-order chi connectivity index (χ0) is 15.2. The molecule has 14 heteroatoms. The van der Waals surface area contributed by atoms with Gasteiger partial charge in [0.2, 0.25) is 5.34 Å². The Morgan fingerprint density at radius 1 is 1.15 bits per heavy atom. The van der Waals surface area contributed by atoms with Gasteiger partial charge in [-0.15, -0.1) is 0 Å². The summed E-state index contributed by atoms with van der Waals surface area (Å²) < 4.78 is 51.5. The Morgan fingerprint density at radius 3 is 2.20 bits per heavy atom. The third-order valence-electron chi connectivity index (χ3n) is 3.29. The zero-order valence-corrected chi connectivity index (χ0v) is 11.1. The quantitative estimate of drug-likeness (QED) is 0.333. The van der Waals surface area contributed by atoms with E-state index >= 15 is 0 Å². The van der Waals surface area contributed by atoms with Gasteiger partial charge in [0.05, 0.1) is 6.61 Å². The Bertz CT molecular complexity index is 595. The summed E-state index contributed by atoms with van der Waals surface area (Å²) in [6.07, 6.45) is -2.66. The summed E-state index contributed by atoms with van der Waals surface area (Å²) in [5.41, 5.74) is 0. The van der Waals surface area contributed by atoms with Gasteiger partial charge < -0.3 is 25.5 Å². The van der Waals surface area contributed by atoms with E-state index in [0.717, 1.165) is 0 Å². The standard InChI is InChI=1S/C6H8O12P2/c7-1-3(19(12)13)2(8)4(9)5(10)6(11,15-3)18-20(14,16-4)17-5/h2,7-11H,1H2/t2-,3-,4+,5-,6?,20?/m1/s1. The van der Waals surface area contributed by atoms with Gasteiger partial charge in [-0.2, -0.15) is 0 Å². The van der Waals surface area contributed by atoms with Crippen LogP contribution >= 0.6 is 15.5 Å². The summed E-state index contributed by atoms with van der Waals surface area (Å²) in [6.45, 7) is -1.44. The van der Waals surface area contributed by atoms with Crippen molar-refractivity contribution in [3.63, 3.8) is 0 Å². The van der Waals surface area contributed by atoms with Crippen molar-refractivity contribution in [3.05, 3.63) is 0 Å². The van der Waals surface area contributed by atoms with E-state index in [2.05, 4.69) is 18.3 Å². The molecule has 3 saturated heterocycles. The van der Waals surface area contributed by atoms with E-state index in [9.17, 15) is 34.1 Å². The van der Waals surface area contributed by atoms with Crippen LogP contribution in [0.15, 0.2) is 0 Å². The molecule has 5 N–H and O–H groups in total. The minimum Gasteiger partial charge on any atom is -0.392 e. The zero-order valence-electron chi connectivity index (χ0n) is 9.27. The normalized spacial score (nSPS) is 60.8. The maximum Gasteiger partial charge on any atom is 0.485 e. The smallest absolute Gasteiger partial charge is 0.392 e. The van der Waals surface area contributed by atoms with Gasteiger partial charge in [0.25, 0.3) is 5.79 Å². The molecule has 3 aliphatic heterocycles. The van der Waals surface area contributed by atoms with Crippen molar-refractivity contribution in [1.29, 1.82) is 0 Å². The molecule has 3 heterocycles. The molecule has 0 aromatic heterocycles. The van der Waals surface area contributed by atoms with E-state index in [4.69, 9.17) is 5.11 Å². The van der Waals surface area contributed by atoms with E-state index in [0.29, 0.717) is 0 Å². The molecule has 0 amide bonds. The molecule has 3 rings (SSSR count). The number of rotatable bonds is 2. The molecule has 114 valence electrons. The first kappa shape index (κ1) is 14.7. The van der Waals surface area contributed by atoms with E-state index in [1.54, 1.807) is 0 Å². The molecule has 0 radical (unpaired) electrons. The van der Waals surface area contributed by atoms with Crippen LogP contribution in [-0.2, 0) is 32.0 Å². The lowest BCUT2D eigenvalue weighted by Crippen LogP contribution is -2.81. The number of phosphoric ester groups is 1. The minimum atomic E-state index is -4.70. The number of hydrogen-bond donors (Lipinski definition) is 5. The fourth-order valence-electron chi connectivity index (χ4n) is 2.25. The number of aliphatic hydroxyl groups excluding tert-OH is 2. The molecule has 3 fully saturated rings. The number of ether oxygens (including phenoxy) is 1. The Labute approximate surface area is 109 Å². The van der Waals surface area contributed by atoms with Crippen LogP contribution in [0.3, 0.4) is 0 Å². The van der Waals surface area contributed by atoms with Gasteiger partial charge in [-0.3, -0.25) is 4.74 Å². The molecular weight excluding hydrogens is 326 g/mol. The SMILES string of the molecule is O=P(=O)[C@@]1(CO)OC2(O)OP3(=O)O[C@@](O)([C@@H]1O)[C@@]2(O)O3. The molecule has 12 nitrogen and oxygen atoms in total. The largest absolute Gasteiger partial charge is 0.485 e. The maximum atomic E-state index is 11.7. The molecule has 0 saturated carbocycles. The Kier molecular flexibility index (Phi) is 2.62. The first-order valence-corrected chi connectivity index (χ1v) is 7.65. The molecule has 0 aromatic carbocycles. The number of hydrogen-bond acceptors (Lipinski definition) is 12. The summed E-state index contributed by atoms with van der Waals surface area (Å²) in [4.78, 5) is 0. The number of phosphoric acid groups is 1. The van der Waals surface area contributed by atoms with Crippen molar-refractivity contribution in [1.82, 2.24) is 0 Å². The lowest BCUT2D eigenvalue weighted by molar-refractivity contribution is -0.532. The van der Waals surface area contributed by atoms with E-state index in [-0.39, 0.29) is 0 Å². The van der Waals surface area contributed by atoms with Crippen LogP contribution in [0.5, 0.6) is 0 Å². The van der Waals surface area contributed by atoms with Crippen molar-refractivity contribution in [2.24, 2.45) is 0 Å². The third-order valence-corrected chi connectivity index (χ3v) is 5.85. The van der Waals surface area contributed by atoms with Gasteiger partial charge in [-0.25, -0.2) is 27.3 Å². The van der Waals surface area contributed by atoms with Crippen molar-refractivity contribution >= 4 is 15.5 Å². The Hall–Kier alpha value is -0.230. The van der Waals surface area contributed by atoms with Gasteiger partial charge in [0.15, 0.2) is 6.10 Å². The molecule has 3 aliphatic rings. The van der Waals surface area contributed by atoms with Crippen molar-refractivity contribution in [2.75, 3.05) is 6.61 Å². The summed E-state index contributed by atoms with van der Waals surface area (Å²) in [7, 11) is -8.53. The summed E-state index contributed by atoms with van der Waals surface area (Å²) in [5.74, 6) is -10.2. The first-order valence-electron chi connectivity index (χ1n) is 5.02. The fraction of sp³-hybridized carbons (Fsp3) is 1.00. The van der Waals surface area contributed by atoms with Gasteiger partial charge >= 0.3 is 27.3 Å². The van der Waals surface area contributed by atoms with Gasteiger partial charge in [-0.05, 0) is 0 Å². The van der Waals surface area contributed by atoms with Crippen LogP contribution < -0.4 is 0 Å². The average Bonchev–Trinajstić information content (AvgIpc) is 2.65. The summed E-state index contributed by atoms with van der Waals surface area (Å²) >= 11 is 0. The van der Waals surface area contributed by atoms with Crippen LogP contribution in [0, 0.1) is 0 Å². The highest BCUT2D eigenvalue weighted by Gasteiger charge is 2.92. The first-order chi connectivity index (χ1) is 8.99. The molecule has 6 atom stereocenters. The highest BCUT2D eigenvalue weighted by atomic mass is 31.2. The molecular formula is C6H8O12P2. The highest BCUT2D eigenvalue weighted by Crippen LogP contribution is 2.78. The number of aliphatic hydroxyl groups is 5. The monoisotopic (exact) mass is 334 g/mol. The maximum absolute atomic E-state index is 11.7. The lowest BCUT2D eigenvalue weighted by Gasteiger charge is -2.53. The minimum absolute atomic E-state index is 1.44. The van der Waals surface area contributed by atoms with Crippen LogP contribution in [0.25, 0.3) is 0 Å². The molecule has 2 bridgehead atoms. The van der Waals surface area contributed by atoms with Crippen LogP contribution in [-0.4, -0.2) is 61.1 Å². The van der Waals surface area contributed by atoms with Gasteiger partial charge in [-0.1, -0.05) is 0 Å². The van der Waals surface area contributed by atoms with E-state index in [1.807, 2.05) is 0 Å². The van der Waals surface area contributed by atoms with E-state index < -0.39 is 51.1 Å². The Morgan fingerprint density at radius 2 is 1.75 bits per heavy atom. The predicted molar refractivity (Wildman–Crippen MR) is 50.9 cm³/mol. The second kappa shape index (κ2) is 3.57. The van der Waals surface area contributed by atoms with Crippen LogP contribution in [0.2, 0.25) is 0 Å². The van der Waals surface area contributed by atoms with Gasteiger partial charge in [0, 0.05) is 0 Å². The van der Waals surface area contributed by atoms with Crippen molar-refractivity contribution in [2.45, 2.75) is 29.0 Å². The van der Waals surface area contributed by atoms with E-state index in [1.165, 1.54) is 0 Å². The van der Waals surface area contributed by atoms with Crippen LogP contribution in [0.1, 0.15) is 0 Å². The second-order valence-electron chi connectivity index (χ2n) is 4.41. The van der Waals surface area contributed by atoms with Crippen molar-refractivity contribution < 1.29 is 57.5 Å². The molecule has 0 aliphatic carbocycles. The summed E-state index contributed by atoms with van der Waals surface area (Å²) in [6, 6.07) is 0. The number of fused-ring (bicyclic) bond motifs is 1. The topological polar surface area (TPSA) is 189 Å². The molecule has 2 unspecified atom stereocenters. The summed E-state index contributed by atoms with van der Waals surface area (Å²) in [5, 5.41) is 46.0. The van der Waals surface area contributed by atoms with Crippen molar-refractivity contribution in [3.8, 4) is 0 Å². The predicted octanol–water partition coefficient (Wildman–Crippen LogP) is -2.55. The lowest BCUT2D eigenvalue weighted by atomic mass is 9.90. The van der Waals surface area contributed by atoms with Gasteiger partial charge in [0.1, 0.15) is 0 Å². The fourth-order valence-corrected chi connectivity index (χ4v) is 4.65. The third kappa shape index (κ3) is 1.27. The average molecular weight is 334 g/mol. The molecule has 20 heavy (non-hydrogen) atoms. The van der Waals surface area contributed by atoms with Crippen LogP contribution in [0.4, 0.5) is 0 Å². The molecule has 0 spiro atoms. The highest BCUT2D eigenvalue weighted by molar-refractivity contribution is 7.49. The molecule has 0 aromatic rings. The Balaban J connectivity index is 2.25.